The molecule has 2 aliphatic heterocycles. The third kappa shape index (κ3) is 4.18. The van der Waals surface area contributed by atoms with Crippen LogP contribution in [0.25, 0.3) is 21.9 Å². The summed E-state index contributed by atoms with van der Waals surface area (Å²) in [6.07, 6.45) is 12.6. The average Bonchev–Trinajstić information content (AvgIpc) is 3.55. The number of hydrogen-bond acceptors (Lipinski definition) is 9. The highest BCUT2D eigenvalue weighted by atomic mass is 16.5. The number of piperidine rings is 1. The number of nitrogens with one attached hydrogen (secondary N) is 1. The van der Waals surface area contributed by atoms with Crippen LogP contribution in [0.1, 0.15) is 44.6 Å². The summed E-state index contributed by atoms with van der Waals surface area (Å²) in [5.41, 5.74) is 2.08. The zero-order chi connectivity index (χ0) is 24.8. The minimum atomic E-state index is -0.00850. The van der Waals surface area contributed by atoms with Crippen LogP contribution >= 0.6 is 0 Å². The summed E-state index contributed by atoms with van der Waals surface area (Å²) in [5, 5.41) is 14.5. The van der Waals surface area contributed by atoms with Crippen molar-refractivity contribution in [2.45, 2.75) is 50.2 Å². The Kier molecular flexibility index (Phi) is 5.66. The fourth-order valence-electron chi connectivity index (χ4n) is 6.41. The van der Waals surface area contributed by atoms with Crippen LogP contribution in [0.2, 0.25) is 0 Å². The second kappa shape index (κ2) is 9.18. The number of likely N-dealkylation sites (N-methyl/N-ethyl adjacent to an activating group) is 1. The molecule has 192 valence electrons. The number of anilines is 3. The first-order chi connectivity index (χ1) is 18.2. The van der Waals surface area contributed by atoms with Gasteiger partial charge in [0, 0.05) is 55.4 Å². The predicted octanol–water partition coefficient (Wildman–Crippen LogP) is 3.93. The van der Waals surface area contributed by atoms with Gasteiger partial charge in [-0.25, -0.2) is 4.98 Å². The summed E-state index contributed by atoms with van der Waals surface area (Å²) in [5.74, 6) is 2.07. The fourth-order valence-corrected chi connectivity index (χ4v) is 6.41. The molecule has 0 aromatic carbocycles. The smallest absolute Gasteiger partial charge is 0.230 e. The van der Waals surface area contributed by atoms with E-state index in [-0.39, 0.29) is 5.60 Å². The van der Waals surface area contributed by atoms with Gasteiger partial charge in [-0.3, -0.25) is 4.98 Å². The standard InChI is InChI=1S/C27H33N9O/c1-34-14-15-37-27(18-34)9-12-35(13-10-27)24-7-6-23(32-33-24)30-26-29-16-21-20-8-11-28-17-22(20)36(25(21)31-26)19-4-2-3-5-19/h6-8,11,16-17,19H,2-5,9-10,12-15,18H2,1H3,(H,29,30,31,32). The molecule has 0 amide bonds. The van der Waals surface area contributed by atoms with Crippen molar-refractivity contribution in [3.8, 4) is 0 Å². The molecule has 4 aromatic heterocycles. The molecule has 0 radical (unpaired) electrons. The molecule has 1 aliphatic carbocycles. The van der Waals surface area contributed by atoms with E-state index in [0.717, 1.165) is 73.4 Å². The number of fused-ring (bicyclic) bond motifs is 3. The van der Waals surface area contributed by atoms with Gasteiger partial charge in [0.15, 0.2) is 11.6 Å². The molecule has 37 heavy (non-hydrogen) atoms. The minimum absolute atomic E-state index is 0.00850. The number of morpholine rings is 1. The number of pyridine rings is 1. The van der Waals surface area contributed by atoms with Crippen LogP contribution in [0.15, 0.2) is 36.8 Å². The molecule has 1 spiro atoms. The summed E-state index contributed by atoms with van der Waals surface area (Å²) in [4.78, 5) is 18.6. The summed E-state index contributed by atoms with van der Waals surface area (Å²) in [6.45, 7) is 4.70. The van der Waals surface area contributed by atoms with Crippen LogP contribution in [-0.2, 0) is 4.74 Å². The lowest BCUT2D eigenvalue weighted by Crippen LogP contribution is -2.56. The monoisotopic (exact) mass is 499 g/mol. The normalized spacial score (nSPS) is 20.8. The van der Waals surface area contributed by atoms with Crippen LogP contribution in [0.3, 0.4) is 0 Å². The lowest BCUT2D eigenvalue weighted by atomic mass is 9.89. The molecule has 7 rings (SSSR count). The summed E-state index contributed by atoms with van der Waals surface area (Å²) in [7, 11) is 2.18. The number of rotatable bonds is 4. The zero-order valence-corrected chi connectivity index (χ0v) is 21.3. The van der Waals surface area contributed by atoms with Crippen molar-refractivity contribution >= 4 is 39.5 Å². The highest BCUT2D eigenvalue weighted by molar-refractivity contribution is 6.06. The van der Waals surface area contributed by atoms with Crippen LogP contribution in [0.5, 0.6) is 0 Å². The molecular formula is C27H33N9O. The molecule has 1 N–H and O–H groups in total. The largest absolute Gasteiger partial charge is 0.372 e. The van der Waals surface area contributed by atoms with Crippen LogP contribution < -0.4 is 10.2 Å². The summed E-state index contributed by atoms with van der Waals surface area (Å²) < 4.78 is 8.57. The van der Waals surface area contributed by atoms with E-state index in [2.05, 4.69) is 53.0 Å². The Morgan fingerprint density at radius 3 is 2.65 bits per heavy atom. The Balaban J connectivity index is 1.10. The van der Waals surface area contributed by atoms with E-state index in [0.29, 0.717) is 17.8 Å². The minimum Gasteiger partial charge on any atom is -0.372 e. The Morgan fingerprint density at radius 2 is 1.86 bits per heavy atom. The van der Waals surface area contributed by atoms with Gasteiger partial charge in [-0.2, -0.15) is 4.98 Å². The molecule has 0 atom stereocenters. The first-order valence-electron chi connectivity index (χ1n) is 13.5. The van der Waals surface area contributed by atoms with E-state index in [1.165, 1.54) is 25.7 Å². The Bertz CT molecular complexity index is 1400. The van der Waals surface area contributed by atoms with Gasteiger partial charge < -0.3 is 24.4 Å². The van der Waals surface area contributed by atoms with Crippen molar-refractivity contribution in [1.29, 1.82) is 0 Å². The second-order valence-electron chi connectivity index (χ2n) is 10.8. The zero-order valence-electron chi connectivity index (χ0n) is 21.3. The van der Waals surface area contributed by atoms with Crippen molar-refractivity contribution < 1.29 is 4.74 Å². The molecule has 0 unspecified atom stereocenters. The lowest BCUT2D eigenvalue weighted by molar-refractivity contribution is -0.115. The Labute approximate surface area is 216 Å². The van der Waals surface area contributed by atoms with Crippen LogP contribution in [0.4, 0.5) is 17.6 Å². The molecule has 2 saturated heterocycles. The first-order valence-corrected chi connectivity index (χ1v) is 13.5. The van der Waals surface area contributed by atoms with Gasteiger partial charge in [0.25, 0.3) is 0 Å². The van der Waals surface area contributed by atoms with Crippen molar-refractivity contribution in [3.63, 3.8) is 0 Å². The van der Waals surface area contributed by atoms with Gasteiger partial charge in [-0.05, 0) is 50.9 Å². The molecule has 4 aromatic rings. The van der Waals surface area contributed by atoms with Gasteiger partial charge in [0.2, 0.25) is 5.95 Å². The molecule has 3 aliphatic rings. The predicted molar refractivity (Wildman–Crippen MR) is 143 cm³/mol. The van der Waals surface area contributed by atoms with Gasteiger partial charge in [-0.1, -0.05) is 12.8 Å². The van der Waals surface area contributed by atoms with Gasteiger partial charge >= 0.3 is 0 Å². The number of nitrogens with zero attached hydrogens (tertiary/aromatic N) is 8. The average molecular weight is 500 g/mol. The maximum absolute atomic E-state index is 6.20. The van der Waals surface area contributed by atoms with Crippen LogP contribution in [0, 0.1) is 0 Å². The molecule has 6 heterocycles. The highest BCUT2D eigenvalue weighted by Gasteiger charge is 2.39. The van der Waals surface area contributed by atoms with Crippen LogP contribution in [-0.4, -0.2) is 80.1 Å². The van der Waals surface area contributed by atoms with E-state index in [9.17, 15) is 0 Å². The topological polar surface area (TPSA) is 97.1 Å². The molecular weight excluding hydrogens is 466 g/mol. The van der Waals surface area contributed by atoms with Crippen molar-refractivity contribution in [2.75, 3.05) is 50.1 Å². The third-order valence-electron chi connectivity index (χ3n) is 8.36. The van der Waals surface area contributed by atoms with E-state index < -0.39 is 0 Å². The number of hydrogen-bond donors (Lipinski definition) is 1. The van der Waals surface area contributed by atoms with Crippen molar-refractivity contribution in [2.24, 2.45) is 0 Å². The van der Waals surface area contributed by atoms with E-state index in [4.69, 9.17) is 9.72 Å². The van der Waals surface area contributed by atoms with E-state index >= 15 is 0 Å². The molecule has 0 bridgehead atoms. The molecule has 3 fully saturated rings. The van der Waals surface area contributed by atoms with Crippen molar-refractivity contribution in [3.05, 3.63) is 36.8 Å². The van der Waals surface area contributed by atoms with E-state index in [1.54, 1.807) is 0 Å². The third-order valence-corrected chi connectivity index (χ3v) is 8.36. The lowest BCUT2D eigenvalue weighted by Gasteiger charge is -2.46. The molecule has 10 nitrogen and oxygen atoms in total. The Morgan fingerprint density at radius 1 is 1.00 bits per heavy atom. The highest BCUT2D eigenvalue weighted by Crippen LogP contribution is 2.37. The molecule has 1 saturated carbocycles. The fraction of sp³-hybridized carbons (Fsp3) is 0.519. The summed E-state index contributed by atoms with van der Waals surface area (Å²) >= 11 is 0. The van der Waals surface area contributed by atoms with Gasteiger partial charge in [0.05, 0.1) is 23.9 Å². The van der Waals surface area contributed by atoms with Gasteiger partial charge in [-0.15, -0.1) is 10.2 Å². The Hall–Kier alpha value is -3.37. The first kappa shape index (κ1) is 22.8. The quantitative estimate of drug-likeness (QED) is 0.448. The SMILES string of the molecule is CN1CCOC2(CCN(c3ccc(Nc4ncc5c6ccncc6n(C6CCCC6)c5n4)nn3)CC2)C1. The maximum atomic E-state index is 6.20. The molecule has 10 heteroatoms. The maximum Gasteiger partial charge on any atom is 0.230 e. The van der Waals surface area contributed by atoms with E-state index in [1.807, 2.05) is 30.7 Å². The second-order valence-corrected chi connectivity index (χ2v) is 10.8. The van der Waals surface area contributed by atoms with Crippen molar-refractivity contribution in [1.82, 2.24) is 34.6 Å². The number of ether oxygens (including phenoxy) is 1. The van der Waals surface area contributed by atoms with Gasteiger partial charge in [0.1, 0.15) is 5.65 Å². The number of aromatic nitrogens is 6. The summed E-state index contributed by atoms with van der Waals surface area (Å²) in [6, 6.07) is 6.50.